The van der Waals surface area contributed by atoms with E-state index in [-0.39, 0.29) is 24.5 Å². The van der Waals surface area contributed by atoms with Crippen molar-refractivity contribution in [3.8, 4) is 0 Å². The van der Waals surface area contributed by atoms with Crippen LogP contribution in [0.25, 0.3) is 0 Å². The Hall–Kier alpha value is -1.94. The van der Waals surface area contributed by atoms with Crippen LogP contribution >= 0.6 is 0 Å². The molecule has 8 nitrogen and oxygen atoms in total. The lowest BCUT2D eigenvalue weighted by Gasteiger charge is -2.32. The third kappa shape index (κ3) is 12.0. The average Bonchev–Trinajstić information content (AvgIpc) is 2.83. The van der Waals surface area contributed by atoms with Crippen molar-refractivity contribution in [2.45, 2.75) is 78.8 Å². The first-order chi connectivity index (χ1) is 16.9. The van der Waals surface area contributed by atoms with Gasteiger partial charge in [-0.25, -0.2) is 4.79 Å². The van der Waals surface area contributed by atoms with Crippen LogP contribution in [-0.4, -0.2) is 71.3 Å². The van der Waals surface area contributed by atoms with Crippen molar-refractivity contribution in [2.75, 3.05) is 39.5 Å². The largest absolute Gasteiger partial charge is 0.500 e. The van der Waals surface area contributed by atoms with Gasteiger partial charge in [-0.3, -0.25) is 4.79 Å². The minimum Gasteiger partial charge on any atom is -0.466 e. The van der Waals surface area contributed by atoms with E-state index in [2.05, 4.69) is 24.4 Å². The van der Waals surface area contributed by atoms with Crippen LogP contribution in [0.3, 0.4) is 0 Å². The van der Waals surface area contributed by atoms with Crippen LogP contribution in [0.5, 0.6) is 0 Å². The number of amides is 2. The van der Waals surface area contributed by atoms with E-state index in [1.807, 2.05) is 39.0 Å². The van der Waals surface area contributed by atoms with Crippen molar-refractivity contribution in [1.29, 1.82) is 0 Å². The van der Waals surface area contributed by atoms with Crippen LogP contribution in [0.4, 0.5) is 4.79 Å². The number of urea groups is 1. The summed E-state index contributed by atoms with van der Waals surface area (Å²) in [5, 5.41) is 3.05. The van der Waals surface area contributed by atoms with Crippen LogP contribution in [0.15, 0.2) is 30.3 Å². The molecule has 1 aromatic rings. The SMILES string of the molecule is CCCC(CC(=O)OCC)N(CCc1ccccc1)C(=O)NCCC[Si](OCC)(OCC)OCC. The van der Waals surface area contributed by atoms with Gasteiger partial charge in [0.2, 0.25) is 0 Å². The van der Waals surface area contributed by atoms with Gasteiger partial charge in [-0.15, -0.1) is 0 Å². The number of ether oxygens (including phenoxy) is 1. The van der Waals surface area contributed by atoms with E-state index in [9.17, 15) is 9.59 Å². The molecular weight excluding hydrogens is 464 g/mol. The first-order valence-corrected chi connectivity index (χ1v) is 15.0. The van der Waals surface area contributed by atoms with E-state index in [0.717, 1.165) is 18.4 Å². The van der Waals surface area contributed by atoms with E-state index in [4.69, 9.17) is 18.0 Å². The number of rotatable bonds is 19. The van der Waals surface area contributed by atoms with E-state index in [1.165, 1.54) is 0 Å². The minimum atomic E-state index is -2.75. The van der Waals surface area contributed by atoms with E-state index >= 15 is 0 Å². The fraction of sp³-hybridized carbons (Fsp3) is 0.692. The lowest BCUT2D eigenvalue weighted by molar-refractivity contribution is -0.144. The Morgan fingerprint density at radius 1 is 0.943 bits per heavy atom. The Morgan fingerprint density at radius 3 is 2.11 bits per heavy atom. The summed E-state index contributed by atoms with van der Waals surface area (Å²) in [6.07, 6.45) is 3.19. The van der Waals surface area contributed by atoms with Gasteiger partial charge in [0.25, 0.3) is 0 Å². The highest BCUT2D eigenvalue weighted by Crippen LogP contribution is 2.18. The third-order valence-electron chi connectivity index (χ3n) is 5.54. The van der Waals surface area contributed by atoms with Gasteiger partial charge < -0.3 is 28.2 Å². The quantitative estimate of drug-likeness (QED) is 0.163. The van der Waals surface area contributed by atoms with Gasteiger partial charge in [-0.2, -0.15) is 0 Å². The van der Waals surface area contributed by atoms with Gasteiger partial charge >= 0.3 is 20.8 Å². The number of nitrogens with one attached hydrogen (secondary N) is 1. The molecule has 0 heterocycles. The normalized spacial score (nSPS) is 12.3. The molecule has 0 aliphatic carbocycles. The maximum atomic E-state index is 13.3. The van der Waals surface area contributed by atoms with Gasteiger partial charge in [-0.1, -0.05) is 43.7 Å². The average molecular weight is 511 g/mol. The minimum absolute atomic E-state index is 0.167. The topological polar surface area (TPSA) is 86.3 Å². The molecule has 9 heteroatoms. The number of hydrogen-bond donors (Lipinski definition) is 1. The maximum absolute atomic E-state index is 13.3. The lowest BCUT2D eigenvalue weighted by Crippen LogP contribution is -2.49. The van der Waals surface area contributed by atoms with Crippen LogP contribution in [0, 0.1) is 0 Å². The molecule has 1 unspecified atom stereocenters. The molecule has 0 saturated carbocycles. The Labute approximate surface area is 213 Å². The summed E-state index contributed by atoms with van der Waals surface area (Å²) in [4.78, 5) is 27.4. The predicted octanol–water partition coefficient (Wildman–Crippen LogP) is 4.80. The van der Waals surface area contributed by atoms with Crippen molar-refractivity contribution in [2.24, 2.45) is 0 Å². The second kappa shape index (κ2) is 18.3. The summed E-state index contributed by atoms with van der Waals surface area (Å²) >= 11 is 0. The number of esters is 1. The zero-order valence-electron chi connectivity index (χ0n) is 22.3. The summed E-state index contributed by atoms with van der Waals surface area (Å²) in [5.41, 5.74) is 1.15. The first kappa shape index (κ1) is 31.1. The van der Waals surface area contributed by atoms with Crippen LogP contribution in [0.1, 0.15) is 65.9 Å². The Bertz CT molecular complexity index is 689. The maximum Gasteiger partial charge on any atom is 0.500 e. The molecule has 200 valence electrons. The Kier molecular flexibility index (Phi) is 16.3. The van der Waals surface area contributed by atoms with Crippen molar-refractivity contribution in [3.63, 3.8) is 0 Å². The lowest BCUT2D eigenvalue weighted by atomic mass is 10.1. The molecular formula is C26H46N2O6Si. The molecule has 0 aliphatic rings. The highest BCUT2D eigenvalue weighted by atomic mass is 28.4. The molecule has 1 rings (SSSR count). The number of carbonyl (C=O) groups excluding carboxylic acids is 2. The number of hydrogen-bond acceptors (Lipinski definition) is 6. The van der Waals surface area contributed by atoms with Crippen molar-refractivity contribution in [1.82, 2.24) is 10.2 Å². The highest BCUT2D eigenvalue weighted by molar-refractivity contribution is 6.60. The summed E-state index contributed by atoms with van der Waals surface area (Å²) in [6, 6.07) is 10.3. The molecule has 1 N–H and O–H groups in total. The summed E-state index contributed by atoms with van der Waals surface area (Å²) in [5.74, 6) is -0.274. The van der Waals surface area contributed by atoms with Crippen LogP contribution < -0.4 is 5.32 Å². The number of nitrogens with zero attached hydrogens (tertiary/aromatic N) is 1. The summed E-state index contributed by atoms with van der Waals surface area (Å²) in [6.45, 7) is 12.6. The number of carbonyl (C=O) groups is 2. The first-order valence-electron chi connectivity index (χ1n) is 13.1. The molecule has 0 bridgehead atoms. The standard InChI is InChI=1S/C26H46N2O6Si/c1-6-15-24(22-25(29)31-7-2)28(20-18-23-16-12-11-13-17-23)26(30)27-19-14-21-35(32-8-3,33-9-4)34-10-5/h11-13,16-17,24H,6-10,14-15,18-22H2,1-5H3,(H,27,30). The highest BCUT2D eigenvalue weighted by Gasteiger charge is 2.39. The fourth-order valence-electron chi connectivity index (χ4n) is 4.06. The second-order valence-corrected chi connectivity index (χ2v) is 10.9. The molecule has 2 amide bonds. The van der Waals surface area contributed by atoms with Gasteiger partial charge in [-0.05, 0) is 52.5 Å². The van der Waals surface area contributed by atoms with E-state index in [0.29, 0.717) is 58.4 Å². The van der Waals surface area contributed by atoms with Crippen molar-refractivity contribution in [3.05, 3.63) is 35.9 Å². The molecule has 1 atom stereocenters. The van der Waals surface area contributed by atoms with Gasteiger partial charge in [0.05, 0.1) is 13.0 Å². The summed E-state index contributed by atoms with van der Waals surface area (Å²) < 4.78 is 22.9. The monoisotopic (exact) mass is 510 g/mol. The smallest absolute Gasteiger partial charge is 0.466 e. The molecule has 0 fully saturated rings. The second-order valence-electron chi connectivity index (χ2n) is 8.20. The molecule has 0 radical (unpaired) electrons. The molecule has 0 aromatic heterocycles. The number of benzene rings is 1. The molecule has 0 aliphatic heterocycles. The van der Waals surface area contributed by atoms with Gasteiger partial charge in [0.15, 0.2) is 0 Å². The zero-order chi connectivity index (χ0) is 25.9. The molecule has 1 aromatic carbocycles. The van der Waals surface area contributed by atoms with Gasteiger partial charge in [0, 0.05) is 45.0 Å². The molecule has 0 saturated heterocycles. The van der Waals surface area contributed by atoms with E-state index in [1.54, 1.807) is 11.8 Å². The summed E-state index contributed by atoms with van der Waals surface area (Å²) in [7, 11) is -2.75. The van der Waals surface area contributed by atoms with Crippen molar-refractivity contribution >= 4 is 20.8 Å². The fourth-order valence-corrected chi connectivity index (χ4v) is 6.67. The molecule has 0 spiro atoms. The zero-order valence-corrected chi connectivity index (χ0v) is 23.3. The van der Waals surface area contributed by atoms with Crippen LogP contribution in [-0.2, 0) is 29.2 Å². The van der Waals surface area contributed by atoms with Crippen molar-refractivity contribution < 1.29 is 27.6 Å². The Balaban J connectivity index is 2.85. The molecule has 35 heavy (non-hydrogen) atoms. The predicted molar refractivity (Wildman–Crippen MR) is 140 cm³/mol. The van der Waals surface area contributed by atoms with Crippen LogP contribution in [0.2, 0.25) is 6.04 Å². The van der Waals surface area contributed by atoms with Gasteiger partial charge in [0.1, 0.15) is 0 Å². The van der Waals surface area contributed by atoms with E-state index < -0.39 is 8.80 Å². The Morgan fingerprint density at radius 2 is 1.57 bits per heavy atom. The third-order valence-corrected chi connectivity index (χ3v) is 8.70.